The molecule has 1 aromatic carbocycles. The van der Waals surface area contributed by atoms with Gasteiger partial charge in [0.15, 0.2) is 0 Å². The lowest BCUT2D eigenvalue weighted by molar-refractivity contribution is -0.0137. The van der Waals surface area contributed by atoms with Crippen molar-refractivity contribution in [3.8, 4) is 0 Å². The molecule has 41 heavy (non-hydrogen) atoms. The van der Waals surface area contributed by atoms with E-state index in [1.807, 2.05) is 71.9 Å². The van der Waals surface area contributed by atoms with Gasteiger partial charge < -0.3 is 20.5 Å². The third-order valence-corrected chi connectivity index (χ3v) is 8.31. The van der Waals surface area contributed by atoms with Gasteiger partial charge in [0.2, 0.25) is 0 Å². The molecule has 4 saturated heterocycles. The van der Waals surface area contributed by atoms with E-state index in [0.29, 0.717) is 32.2 Å². The van der Waals surface area contributed by atoms with E-state index in [0.717, 1.165) is 18.4 Å². The van der Waals surface area contributed by atoms with Crippen LogP contribution in [0.5, 0.6) is 0 Å². The van der Waals surface area contributed by atoms with Gasteiger partial charge in [-0.05, 0) is 85.6 Å². The first-order chi connectivity index (χ1) is 19.1. The van der Waals surface area contributed by atoms with E-state index >= 15 is 0 Å². The molecule has 8 atom stereocenters. The Labute approximate surface area is 243 Å². The summed E-state index contributed by atoms with van der Waals surface area (Å²) in [6.45, 7) is 11.6. The van der Waals surface area contributed by atoms with Crippen molar-refractivity contribution in [1.29, 1.82) is 0 Å². The number of piperidine rings is 2. The Morgan fingerprint density at radius 3 is 1.83 bits per heavy atom. The number of rotatable bonds is 3. The number of halogens is 2. The van der Waals surface area contributed by atoms with E-state index in [4.69, 9.17) is 15.2 Å². The number of fused-ring (bicyclic) bond motifs is 4. The van der Waals surface area contributed by atoms with Gasteiger partial charge in [-0.3, -0.25) is 9.80 Å². The van der Waals surface area contributed by atoms with E-state index in [2.05, 4.69) is 5.32 Å². The topological polar surface area (TPSA) is 97.1 Å². The number of carbonyl (C=O) groups excluding carboxylic acids is 2. The molecule has 0 unspecified atom stereocenters. The summed E-state index contributed by atoms with van der Waals surface area (Å²) in [5.41, 5.74) is 5.79. The predicted octanol–water partition coefficient (Wildman–Crippen LogP) is 5.48. The second-order valence-corrected chi connectivity index (χ2v) is 13.9. The van der Waals surface area contributed by atoms with Gasteiger partial charge >= 0.3 is 12.2 Å². The first kappa shape index (κ1) is 31.5. The van der Waals surface area contributed by atoms with Crippen LogP contribution in [0.2, 0.25) is 0 Å². The molecule has 0 aromatic heterocycles. The van der Waals surface area contributed by atoms with Crippen molar-refractivity contribution in [2.45, 2.75) is 146 Å². The lowest BCUT2D eigenvalue weighted by atomic mass is 9.95. The maximum atomic E-state index is 15.0. The van der Waals surface area contributed by atoms with Crippen LogP contribution >= 0.6 is 0 Å². The zero-order valence-corrected chi connectivity index (χ0v) is 25.3. The number of alkyl halides is 2. The summed E-state index contributed by atoms with van der Waals surface area (Å²) in [4.78, 5) is 27.7. The summed E-state index contributed by atoms with van der Waals surface area (Å²) in [7, 11) is 0. The molecule has 0 aliphatic carbocycles. The molecule has 230 valence electrons. The van der Waals surface area contributed by atoms with Crippen LogP contribution < -0.4 is 11.1 Å². The van der Waals surface area contributed by atoms with Crippen molar-refractivity contribution in [2.75, 3.05) is 0 Å². The summed E-state index contributed by atoms with van der Waals surface area (Å²) in [5.74, 6) is 0. The van der Waals surface area contributed by atoms with Crippen LogP contribution in [0.3, 0.4) is 0 Å². The van der Waals surface area contributed by atoms with Crippen LogP contribution in [0, 0.1) is 0 Å². The third-order valence-electron chi connectivity index (χ3n) is 8.31. The second kappa shape index (κ2) is 12.4. The molecule has 2 amide bonds. The predicted molar refractivity (Wildman–Crippen MR) is 154 cm³/mol. The van der Waals surface area contributed by atoms with Gasteiger partial charge in [0.25, 0.3) is 0 Å². The minimum Gasteiger partial charge on any atom is -0.444 e. The van der Waals surface area contributed by atoms with Crippen LogP contribution in [-0.4, -0.2) is 81.8 Å². The molecule has 0 radical (unpaired) electrons. The molecule has 1 aromatic rings. The molecule has 4 fully saturated rings. The highest BCUT2D eigenvalue weighted by Crippen LogP contribution is 2.39. The number of hydrogen-bond acceptors (Lipinski definition) is 6. The van der Waals surface area contributed by atoms with E-state index in [-0.39, 0.29) is 30.3 Å². The van der Waals surface area contributed by atoms with Gasteiger partial charge in [-0.2, -0.15) is 0 Å². The minimum absolute atomic E-state index is 0.0526. The van der Waals surface area contributed by atoms with Gasteiger partial charge in [-0.25, -0.2) is 18.4 Å². The average Bonchev–Trinajstić information content (AvgIpc) is 3.41. The fourth-order valence-corrected chi connectivity index (χ4v) is 6.57. The first-order valence-electron chi connectivity index (χ1n) is 15.0. The van der Waals surface area contributed by atoms with Crippen LogP contribution in [0.25, 0.3) is 0 Å². The molecule has 0 saturated carbocycles. The highest BCUT2D eigenvalue weighted by molar-refractivity contribution is 5.70. The summed E-state index contributed by atoms with van der Waals surface area (Å²) >= 11 is 0. The van der Waals surface area contributed by atoms with Crippen molar-refractivity contribution in [2.24, 2.45) is 5.73 Å². The van der Waals surface area contributed by atoms with E-state index in [1.165, 1.54) is 0 Å². The monoisotopic (exact) mass is 578 g/mol. The zero-order chi connectivity index (χ0) is 30.1. The van der Waals surface area contributed by atoms with Crippen molar-refractivity contribution in [3.63, 3.8) is 0 Å². The zero-order valence-electron chi connectivity index (χ0n) is 25.3. The Bertz CT molecular complexity index is 1050. The Kier molecular flexibility index (Phi) is 9.53. The molecule has 4 aliphatic heterocycles. The highest BCUT2D eigenvalue weighted by Gasteiger charge is 2.51. The van der Waals surface area contributed by atoms with Crippen LogP contribution in [0.4, 0.5) is 18.4 Å². The number of carbonyl (C=O) groups is 2. The number of nitrogens with two attached hydrogens (primary N) is 1. The first-order valence-corrected chi connectivity index (χ1v) is 15.0. The maximum Gasteiger partial charge on any atom is 0.410 e. The van der Waals surface area contributed by atoms with Crippen LogP contribution in [0.1, 0.15) is 85.6 Å². The van der Waals surface area contributed by atoms with Gasteiger partial charge in [0.05, 0.1) is 12.1 Å². The van der Waals surface area contributed by atoms with Crippen LogP contribution in [-0.2, 0) is 16.0 Å². The minimum atomic E-state index is -1.12. The Balaban J connectivity index is 0.000000201. The molecule has 8 nitrogen and oxygen atoms in total. The molecule has 3 N–H and O–H groups in total. The highest BCUT2D eigenvalue weighted by atomic mass is 19.1. The SMILES string of the molecule is CC(C)(C)OC(=O)N1[C@@H]2CC[C@H]1[C@@H](F)[C@@H](N)C2.CC(C)(C)OC(=O)N1[C@@H]2CC[C@H]1[C@@H](F)[C@@H](NCc1ccccc1)C2. The summed E-state index contributed by atoms with van der Waals surface area (Å²) in [6.07, 6.45) is 1.32. The Morgan fingerprint density at radius 2 is 1.32 bits per heavy atom. The fourth-order valence-electron chi connectivity index (χ4n) is 6.57. The number of ether oxygens (including phenoxy) is 2. The van der Waals surface area contributed by atoms with Gasteiger partial charge in [0.1, 0.15) is 23.5 Å². The molecular weight excluding hydrogens is 530 g/mol. The Hall–Kier alpha value is -2.46. The standard InChI is InChI=1S/C19H27FN2O2.C12H21FN2O2/c1-19(2,3)24-18(23)22-14-9-10-16(22)17(20)15(11-14)21-12-13-7-5-4-6-8-13;1-12(2,3)17-11(16)15-7-4-5-9(15)10(13)8(14)6-7/h4-8,14-17,21H,9-12H2,1-3H3;7-10H,4-6,14H2,1-3H3/t14-,15+,16+,17+;7-,8+,9+,10+/m11/s1. The average molecular weight is 579 g/mol. The smallest absolute Gasteiger partial charge is 0.410 e. The number of nitrogens with one attached hydrogen (secondary N) is 1. The third kappa shape index (κ3) is 7.69. The normalized spacial score (nSPS) is 32.7. The molecule has 4 aliphatic rings. The quantitative estimate of drug-likeness (QED) is 0.493. The molecule has 10 heteroatoms. The molecule has 4 heterocycles. The van der Waals surface area contributed by atoms with Crippen LogP contribution in [0.15, 0.2) is 30.3 Å². The number of nitrogens with zero attached hydrogens (tertiary/aromatic N) is 2. The van der Waals surface area contributed by atoms with E-state index in [9.17, 15) is 18.4 Å². The summed E-state index contributed by atoms with van der Waals surface area (Å²) in [5, 5.41) is 3.34. The van der Waals surface area contributed by atoms with Crippen molar-refractivity contribution < 1.29 is 27.8 Å². The van der Waals surface area contributed by atoms with E-state index < -0.39 is 41.7 Å². The molecular formula is C31H48F2N4O4. The fraction of sp³-hybridized carbons (Fsp3) is 0.742. The van der Waals surface area contributed by atoms with Gasteiger partial charge in [-0.1, -0.05) is 30.3 Å². The molecule has 4 bridgehead atoms. The lowest BCUT2D eigenvalue weighted by Crippen LogP contribution is -2.59. The van der Waals surface area contributed by atoms with Crippen molar-refractivity contribution >= 4 is 12.2 Å². The van der Waals surface area contributed by atoms with Gasteiger partial charge in [-0.15, -0.1) is 0 Å². The van der Waals surface area contributed by atoms with Gasteiger partial charge in [0, 0.05) is 30.7 Å². The summed E-state index contributed by atoms with van der Waals surface area (Å²) in [6, 6.07) is 8.73. The molecule has 5 rings (SSSR count). The second-order valence-electron chi connectivity index (χ2n) is 13.9. The number of amides is 2. The largest absolute Gasteiger partial charge is 0.444 e. The Morgan fingerprint density at radius 1 is 0.829 bits per heavy atom. The maximum absolute atomic E-state index is 15.0. The van der Waals surface area contributed by atoms with Crippen molar-refractivity contribution in [3.05, 3.63) is 35.9 Å². The molecule has 0 spiro atoms. The van der Waals surface area contributed by atoms with Crippen molar-refractivity contribution in [1.82, 2.24) is 15.1 Å². The lowest BCUT2D eigenvalue weighted by Gasteiger charge is -2.41. The van der Waals surface area contributed by atoms with E-state index in [1.54, 1.807) is 9.80 Å². The summed E-state index contributed by atoms with van der Waals surface area (Å²) < 4.78 is 39.7. The number of benzene rings is 1. The number of hydrogen-bond donors (Lipinski definition) is 2.